The number of phenols is 3. The van der Waals surface area contributed by atoms with Crippen molar-refractivity contribution in [1.82, 2.24) is 4.57 Å². The molecule has 1 heterocycles. The number of aromatic nitrogens is 1. The van der Waals surface area contributed by atoms with Gasteiger partial charge in [-0.1, -0.05) is 36.4 Å². The minimum absolute atomic E-state index is 0.0450. The standard InChI is InChI=1S/C24H19NO5/c26-18-7-1-15(2-8-18)21-13-25(14-22(21)16-3-9-19(27)10-4-16)24(30)23(29)17-5-11-20(28)12-6-17/h1-14,23,26-29H/t23-/m1/s1. The number of carbonyl (C=O) groups is 1. The molecule has 0 fully saturated rings. The Morgan fingerprint density at radius 2 is 1.00 bits per heavy atom. The number of carbonyl (C=O) groups excluding carboxylic acids is 1. The first-order chi connectivity index (χ1) is 14.4. The molecule has 4 N–H and O–H groups in total. The summed E-state index contributed by atoms with van der Waals surface area (Å²) in [6.45, 7) is 0. The van der Waals surface area contributed by atoms with Gasteiger partial charge in [0, 0.05) is 23.5 Å². The third-order valence-electron chi connectivity index (χ3n) is 4.88. The van der Waals surface area contributed by atoms with Crippen LogP contribution in [0.1, 0.15) is 16.5 Å². The van der Waals surface area contributed by atoms with Crippen LogP contribution in [0.25, 0.3) is 22.3 Å². The van der Waals surface area contributed by atoms with E-state index in [-0.39, 0.29) is 17.2 Å². The van der Waals surface area contributed by atoms with Gasteiger partial charge in [-0.25, -0.2) is 0 Å². The van der Waals surface area contributed by atoms with Gasteiger partial charge in [0.15, 0.2) is 6.10 Å². The summed E-state index contributed by atoms with van der Waals surface area (Å²) >= 11 is 0. The molecule has 4 aromatic rings. The second kappa shape index (κ2) is 7.77. The van der Waals surface area contributed by atoms with Crippen molar-refractivity contribution in [2.45, 2.75) is 6.10 Å². The molecular formula is C24H19NO5. The lowest BCUT2D eigenvalue weighted by Gasteiger charge is -2.10. The van der Waals surface area contributed by atoms with E-state index >= 15 is 0 Å². The molecule has 3 aromatic carbocycles. The topological polar surface area (TPSA) is 103 Å². The lowest BCUT2D eigenvalue weighted by Crippen LogP contribution is -2.18. The normalized spacial score (nSPS) is 11.9. The van der Waals surface area contributed by atoms with Crippen LogP contribution in [0.2, 0.25) is 0 Å². The monoisotopic (exact) mass is 401 g/mol. The zero-order valence-corrected chi connectivity index (χ0v) is 15.8. The van der Waals surface area contributed by atoms with Gasteiger partial charge < -0.3 is 20.4 Å². The average molecular weight is 401 g/mol. The van der Waals surface area contributed by atoms with E-state index in [1.165, 1.54) is 28.8 Å². The highest BCUT2D eigenvalue weighted by atomic mass is 16.3. The summed E-state index contributed by atoms with van der Waals surface area (Å²) in [6.07, 6.45) is 1.85. The molecule has 0 spiro atoms. The van der Waals surface area contributed by atoms with Gasteiger partial charge in [-0.15, -0.1) is 0 Å². The van der Waals surface area contributed by atoms with Crippen LogP contribution in [0.4, 0.5) is 0 Å². The highest BCUT2D eigenvalue weighted by molar-refractivity contribution is 5.91. The van der Waals surface area contributed by atoms with E-state index in [1.54, 1.807) is 60.9 Å². The van der Waals surface area contributed by atoms with Crippen LogP contribution in [0, 0.1) is 0 Å². The SMILES string of the molecule is O=C([C@H](O)c1ccc(O)cc1)n1cc(-c2ccc(O)cc2)c(-c2ccc(O)cc2)c1. The molecule has 4 rings (SSSR count). The van der Waals surface area contributed by atoms with Crippen molar-refractivity contribution in [2.24, 2.45) is 0 Å². The third kappa shape index (κ3) is 3.76. The molecule has 0 aliphatic carbocycles. The van der Waals surface area contributed by atoms with E-state index in [0.29, 0.717) is 5.56 Å². The Hall–Kier alpha value is -4.03. The summed E-state index contributed by atoms with van der Waals surface area (Å²) in [7, 11) is 0. The molecule has 0 radical (unpaired) electrons. The summed E-state index contributed by atoms with van der Waals surface area (Å²) in [6, 6.07) is 19.0. The van der Waals surface area contributed by atoms with E-state index in [0.717, 1.165) is 22.3 Å². The minimum Gasteiger partial charge on any atom is -0.508 e. The second-order valence-electron chi connectivity index (χ2n) is 6.92. The molecule has 6 nitrogen and oxygen atoms in total. The molecule has 1 aromatic heterocycles. The van der Waals surface area contributed by atoms with E-state index in [4.69, 9.17) is 0 Å². The predicted molar refractivity (Wildman–Crippen MR) is 112 cm³/mol. The molecule has 0 bridgehead atoms. The molecule has 0 aliphatic heterocycles. The van der Waals surface area contributed by atoms with Crippen molar-refractivity contribution in [3.05, 3.63) is 90.8 Å². The molecule has 1 atom stereocenters. The highest BCUT2D eigenvalue weighted by Crippen LogP contribution is 2.35. The van der Waals surface area contributed by atoms with Gasteiger partial charge in [0.2, 0.25) is 0 Å². The lowest BCUT2D eigenvalue weighted by molar-refractivity contribution is 0.0654. The van der Waals surface area contributed by atoms with Crippen LogP contribution in [-0.4, -0.2) is 30.9 Å². The third-order valence-corrected chi connectivity index (χ3v) is 4.88. The summed E-state index contributed by atoms with van der Waals surface area (Å²) in [4.78, 5) is 12.9. The first-order valence-corrected chi connectivity index (χ1v) is 9.24. The number of nitrogens with zero attached hydrogens (tertiary/aromatic N) is 1. The average Bonchev–Trinajstić information content (AvgIpc) is 3.19. The fraction of sp³-hybridized carbons (Fsp3) is 0.0417. The first kappa shape index (κ1) is 19.3. The number of phenolic OH excluding ortho intramolecular Hbond substituents is 3. The van der Waals surface area contributed by atoms with Crippen molar-refractivity contribution in [3.63, 3.8) is 0 Å². The Labute approximate surface area is 172 Å². The number of aromatic hydroxyl groups is 3. The summed E-state index contributed by atoms with van der Waals surface area (Å²) in [5.41, 5.74) is 3.38. The van der Waals surface area contributed by atoms with Gasteiger partial charge in [-0.2, -0.15) is 0 Å². The van der Waals surface area contributed by atoms with Gasteiger partial charge in [-0.05, 0) is 53.1 Å². The Kier molecular flexibility index (Phi) is 5.00. The van der Waals surface area contributed by atoms with Crippen LogP contribution >= 0.6 is 0 Å². The van der Waals surface area contributed by atoms with Crippen LogP contribution in [0.5, 0.6) is 17.2 Å². The van der Waals surface area contributed by atoms with Gasteiger partial charge in [0.25, 0.3) is 5.91 Å². The number of hydrogen-bond acceptors (Lipinski definition) is 5. The van der Waals surface area contributed by atoms with Crippen molar-refractivity contribution in [2.75, 3.05) is 0 Å². The molecule has 0 saturated carbocycles. The van der Waals surface area contributed by atoms with Crippen LogP contribution in [-0.2, 0) is 0 Å². The fourth-order valence-electron chi connectivity index (χ4n) is 3.26. The molecule has 0 aliphatic rings. The van der Waals surface area contributed by atoms with Crippen LogP contribution in [0.15, 0.2) is 85.2 Å². The molecule has 0 saturated heterocycles. The minimum atomic E-state index is -1.40. The molecular weight excluding hydrogens is 382 g/mol. The first-order valence-electron chi connectivity index (χ1n) is 9.24. The van der Waals surface area contributed by atoms with Crippen LogP contribution < -0.4 is 0 Å². The maximum atomic E-state index is 12.9. The number of aliphatic hydroxyl groups is 1. The molecule has 30 heavy (non-hydrogen) atoms. The lowest BCUT2D eigenvalue weighted by atomic mass is 9.99. The molecule has 6 heteroatoms. The second-order valence-corrected chi connectivity index (χ2v) is 6.92. The quantitative estimate of drug-likeness (QED) is 0.408. The van der Waals surface area contributed by atoms with Crippen molar-refractivity contribution >= 4 is 5.91 Å². The van der Waals surface area contributed by atoms with E-state index in [9.17, 15) is 25.2 Å². The zero-order chi connectivity index (χ0) is 21.3. The van der Waals surface area contributed by atoms with E-state index in [1.807, 2.05) is 0 Å². The largest absolute Gasteiger partial charge is 0.508 e. The van der Waals surface area contributed by atoms with E-state index < -0.39 is 12.0 Å². The molecule has 0 unspecified atom stereocenters. The maximum Gasteiger partial charge on any atom is 0.264 e. The zero-order valence-electron chi connectivity index (χ0n) is 15.8. The van der Waals surface area contributed by atoms with Crippen LogP contribution in [0.3, 0.4) is 0 Å². The Morgan fingerprint density at radius 1 is 0.633 bits per heavy atom. The summed E-state index contributed by atoms with van der Waals surface area (Å²) in [5.74, 6) is -0.249. The molecule has 150 valence electrons. The number of benzene rings is 3. The van der Waals surface area contributed by atoms with E-state index in [2.05, 4.69) is 0 Å². The van der Waals surface area contributed by atoms with Crippen molar-refractivity contribution in [3.8, 4) is 39.5 Å². The Bertz CT molecular complexity index is 1110. The predicted octanol–water partition coefficient (Wildman–Crippen LogP) is 4.31. The molecule has 0 amide bonds. The summed E-state index contributed by atoms with van der Waals surface area (Å²) < 4.78 is 1.32. The fourth-order valence-corrected chi connectivity index (χ4v) is 3.26. The highest BCUT2D eigenvalue weighted by Gasteiger charge is 2.22. The van der Waals surface area contributed by atoms with Crippen molar-refractivity contribution in [1.29, 1.82) is 0 Å². The number of rotatable bonds is 4. The number of hydrogen-bond donors (Lipinski definition) is 4. The Balaban J connectivity index is 1.78. The summed E-state index contributed by atoms with van der Waals surface area (Å²) in [5, 5.41) is 39.1. The van der Waals surface area contributed by atoms with Gasteiger partial charge >= 0.3 is 0 Å². The maximum absolute atomic E-state index is 12.9. The smallest absolute Gasteiger partial charge is 0.264 e. The number of aliphatic hydroxyl groups excluding tert-OH is 1. The Morgan fingerprint density at radius 3 is 1.40 bits per heavy atom. The van der Waals surface area contributed by atoms with Crippen molar-refractivity contribution < 1.29 is 25.2 Å². The van der Waals surface area contributed by atoms with Gasteiger partial charge in [-0.3, -0.25) is 9.36 Å². The van der Waals surface area contributed by atoms with Gasteiger partial charge in [0.1, 0.15) is 17.2 Å². The van der Waals surface area contributed by atoms with Gasteiger partial charge in [0.05, 0.1) is 0 Å².